The van der Waals surface area contributed by atoms with E-state index in [1.165, 1.54) is 17.0 Å². The number of nitrogens with one attached hydrogen (secondary N) is 1. The molecule has 4 aromatic rings. The highest BCUT2D eigenvalue weighted by Crippen LogP contribution is 2.32. The lowest BCUT2D eigenvalue weighted by Crippen LogP contribution is -2.28. The van der Waals surface area contributed by atoms with E-state index < -0.39 is 17.6 Å². The van der Waals surface area contributed by atoms with Gasteiger partial charge in [0.1, 0.15) is 5.82 Å². The van der Waals surface area contributed by atoms with Gasteiger partial charge >= 0.3 is 6.18 Å². The molecule has 1 N–H and O–H groups in total. The third-order valence-electron chi connectivity index (χ3n) is 5.63. The number of likely N-dealkylation sites (N-methyl/N-ethyl adjacent to an activating group) is 1. The van der Waals surface area contributed by atoms with Crippen molar-refractivity contribution in [3.8, 4) is 11.1 Å². The second-order valence-electron chi connectivity index (χ2n) is 8.09. The van der Waals surface area contributed by atoms with E-state index in [-0.39, 0.29) is 12.3 Å². The SMILES string of the molecule is CN(C(=O)Cc1ccc(NC(=O)c2ccccc2-c2ccc(C(F)(F)F)cc2)cc1)c1ccccn1. The molecule has 0 spiro atoms. The second-order valence-corrected chi connectivity index (χ2v) is 8.09. The van der Waals surface area contributed by atoms with Crippen LogP contribution in [0.2, 0.25) is 0 Å². The minimum Gasteiger partial charge on any atom is -0.322 e. The zero-order chi connectivity index (χ0) is 25.7. The predicted octanol–water partition coefficient (Wildman–Crippen LogP) is 6.23. The molecule has 0 bridgehead atoms. The lowest BCUT2D eigenvalue weighted by atomic mass is 9.98. The van der Waals surface area contributed by atoms with Crippen molar-refractivity contribution in [2.75, 3.05) is 17.3 Å². The van der Waals surface area contributed by atoms with Gasteiger partial charge in [0.05, 0.1) is 12.0 Å². The molecule has 0 aliphatic rings. The average Bonchev–Trinajstić information content (AvgIpc) is 2.89. The maximum absolute atomic E-state index is 13.0. The molecule has 0 saturated heterocycles. The Bertz CT molecular complexity index is 1350. The highest BCUT2D eigenvalue weighted by Gasteiger charge is 2.30. The summed E-state index contributed by atoms with van der Waals surface area (Å²) in [5, 5.41) is 2.81. The topological polar surface area (TPSA) is 62.3 Å². The molecule has 1 heterocycles. The summed E-state index contributed by atoms with van der Waals surface area (Å²) >= 11 is 0. The number of aromatic nitrogens is 1. The third-order valence-corrected chi connectivity index (χ3v) is 5.63. The van der Waals surface area contributed by atoms with Crippen LogP contribution in [-0.2, 0) is 17.4 Å². The Hall–Kier alpha value is -4.46. The van der Waals surface area contributed by atoms with E-state index in [9.17, 15) is 22.8 Å². The predicted molar refractivity (Wildman–Crippen MR) is 133 cm³/mol. The zero-order valence-corrected chi connectivity index (χ0v) is 19.3. The van der Waals surface area contributed by atoms with Gasteiger partial charge in [-0.3, -0.25) is 14.5 Å². The number of hydrogen-bond acceptors (Lipinski definition) is 3. The number of benzene rings is 3. The zero-order valence-electron chi connectivity index (χ0n) is 19.3. The Balaban J connectivity index is 1.45. The fourth-order valence-electron chi connectivity index (χ4n) is 3.65. The summed E-state index contributed by atoms with van der Waals surface area (Å²) in [6.45, 7) is 0. The van der Waals surface area contributed by atoms with Gasteiger partial charge in [-0.1, -0.05) is 48.5 Å². The first kappa shape index (κ1) is 24.7. The van der Waals surface area contributed by atoms with E-state index in [1.807, 2.05) is 0 Å². The van der Waals surface area contributed by atoms with E-state index in [1.54, 1.807) is 80.0 Å². The molecule has 0 radical (unpaired) electrons. The summed E-state index contributed by atoms with van der Waals surface area (Å²) in [4.78, 5) is 31.2. The van der Waals surface area contributed by atoms with Crippen LogP contribution in [0.3, 0.4) is 0 Å². The van der Waals surface area contributed by atoms with Crippen molar-refractivity contribution in [3.05, 3.63) is 114 Å². The smallest absolute Gasteiger partial charge is 0.322 e. The van der Waals surface area contributed by atoms with Gasteiger partial charge in [0.15, 0.2) is 0 Å². The van der Waals surface area contributed by atoms with Gasteiger partial charge in [-0.2, -0.15) is 13.2 Å². The number of amides is 2. The van der Waals surface area contributed by atoms with Crippen LogP contribution in [0.25, 0.3) is 11.1 Å². The molecule has 0 atom stereocenters. The van der Waals surface area contributed by atoms with Crippen molar-refractivity contribution in [1.29, 1.82) is 0 Å². The number of nitrogens with zero attached hydrogens (tertiary/aromatic N) is 2. The van der Waals surface area contributed by atoms with Crippen LogP contribution in [0.15, 0.2) is 97.2 Å². The van der Waals surface area contributed by atoms with Gasteiger partial charge < -0.3 is 5.32 Å². The van der Waals surface area contributed by atoms with E-state index in [0.717, 1.165) is 17.7 Å². The molecular weight excluding hydrogens is 467 g/mol. The number of halogens is 3. The summed E-state index contributed by atoms with van der Waals surface area (Å²) in [6.07, 6.45) is -2.65. The van der Waals surface area contributed by atoms with Gasteiger partial charge in [-0.25, -0.2) is 4.98 Å². The number of alkyl halides is 3. The van der Waals surface area contributed by atoms with E-state index in [2.05, 4.69) is 10.3 Å². The number of anilines is 2. The molecule has 0 saturated carbocycles. The van der Waals surface area contributed by atoms with E-state index in [4.69, 9.17) is 0 Å². The third kappa shape index (κ3) is 5.78. The van der Waals surface area contributed by atoms with Crippen molar-refractivity contribution >= 4 is 23.3 Å². The minimum atomic E-state index is -4.43. The van der Waals surface area contributed by atoms with Crippen LogP contribution in [0.4, 0.5) is 24.7 Å². The molecule has 0 fully saturated rings. The standard InChI is InChI=1S/C28H22F3N3O2/c1-34(25-8-4-5-17-32-25)26(35)18-19-9-15-22(16-10-19)33-27(36)24-7-3-2-6-23(24)20-11-13-21(14-12-20)28(29,30)31/h2-17H,18H2,1H3,(H,33,36). The maximum Gasteiger partial charge on any atom is 0.416 e. The summed E-state index contributed by atoms with van der Waals surface area (Å²) in [5.74, 6) is 0.0262. The highest BCUT2D eigenvalue weighted by molar-refractivity contribution is 6.08. The van der Waals surface area contributed by atoms with Crippen LogP contribution in [0, 0.1) is 0 Å². The summed E-state index contributed by atoms with van der Waals surface area (Å²) < 4.78 is 38.7. The highest BCUT2D eigenvalue weighted by atomic mass is 19.4. The number of rotatable bonds is 6. The number of carbonyl (C=O) groups is 2. The van der Waals surface area contributed by atoms with Crippen LogP contribution >= 0.6 is 0 Å². The quantitative estimate of drug-likeness (QED) is 0.350. The molecule has 182 valence electrons. The van der Waals surface area contributed by atoms with Crippen LogP contribution in [-0.4, -0.2) is 23.8 Å². The Labute approximate surface area is 206 Å². The molecule has 4 rings (SSSR count). The van der Waals surface area contributed by atoms with Crippen molar-refractivity contribution < 1.29 is 22.8 Å². The number of pyridine rings is 1. The summed E-state index contributed by atoms with van der Waals surface area (Å²) in [5.41, 5.74) is 1.89. The molecule has 1 aromatic heterocycles. The molecule has 0 unspecified atom stereocenters. The van der Waals surface area contributed by atoms with Crippen LogP contribution < -0.4 is 10.2 Å². The molecule has 2 amide bonds. The maximum atomic E-state index is 13.0. The Morgan fingerprint density at radius 1 is 0.861 bits per heavy atom. The second kappa shape index (κ2) is 10.4. The van der Waals surface area contributed by atoms with Crippen molar-refractivity contribution in [2.24, 2.45) is 0 Å². The normalized spacial score (nSPS) is 11.1. The van der Waals surface area contributed by atoms with Crippen molar-refractivity contribution in [3.63, 3.8) is 0 Å². The summed E-state index contributed by atoms with van der Waals surface area (Å²) in [6, 6.07) is 23.6. The van der Waals surface area contributed by atoms with E-state index >= 15 is 0 Å². The number of carbonyl (C=O) groups excluding carboxylic acids is 2. The fourth-order valence-corrected chi connectivity index (χ4v) is 3.65. The number of hydrogen-bond donors (Lipinski definition) is 1. The lowest BCUT2D eigenvalue weighted by molar-refractivity contribution is -0.137. The monoisotopic (exact) mass is 489 g/mol. The van der Waals surface area contributed by atoms with Crippen LogP contribution in [0.1, 0.15) is 21.5 Å². The Morgan fingerprint density at radius 3 is 2.17 bits per heavy atom. The molecule has 0 aliphatic heterocycles. The lowest BCUT2D eigenvalue weighted by Gasteiger charge is -2.16. The fraction of sp³-hybridized carbons (Fsp3) is 0.107. The van der Waals surface area contributed by atoms with Crippen molar-refractivity contribution in [1.82, 2.24) is 4.98 Å². The van der Waals surface area contributed by atoms with Crippen LogP contribution in [0.5, 0.6) is 0 Å². The summed E-state index contributed by atoms with van der Waals surface area (Å²) in [7, 11) is 1.66. The van der Waals surface area contributed by atoms with Crippen molar-refractivity contribution in [2.45, 2.75) is 12.6 Å². The van der Waals surface area contributed by atoms with Gasteiger partial charge in [0, 0.05) is 24.5 Å². The largest absolute Gasteiger partial charge is 0.416 e. The molecule has 8 heteroatoms. The molecule has 3 aromatic carbocycles. The molecule has 0 aliphatic carbocycles. The average molecular weight is 489 g/mol. The first-order valence-electron chi connectivity index (χ1n) is 11.1. The van der Waals surface area contributed by atoms with E-state index in [0.29, 0.717) is 28.2 Å². The molecule has 5 nitrogen and oxygen atoms in total. The Kier molecular flexibility index (Phi) is 7.15. The minimum absolute atomic E-state index is 0.129. The van der Waals surface area contributed by atoms with Gasteiger partial charge in [0.2, 0.25) is 5.91 Å². The van der Waals surface area contributed by atoms with Gasteiger partial charge in [0.25, 0.3) is 5.91 Å². The van der Waals surface area contributed by atoms with Gasteiger partial charge in [-0.05, 0) is 59.2 Å². The molecular formula is C28H22F3N3O2. The molecule has 36 heavy (non-hydrogen) atoms. The first-order chi connectivity index (χ1) is 17.2. The Morgan fingerprint density at radius 2 is 1.53 bits per heavy atom. The first-order valence-corrected chi connectivity index (χ1v) is 11.1. The van der Waals surface area contributed by atoms with Gasteiger partial charge in [-0.15, -0.1) is 0 Å².